The molecule has 2 aliphatic rings. The van der Waals surface area contributed by atoms with Crippen molar-refractivity contribution in [2.45, 2.75) is 19.4 Å². The van der Waals surface area contributed by atoms with Crippen molar-refractivity contribution in [1.29, 1.82) is 0 Å². The molecule has 168 valence electrons. The van der Waals surface area contributed by atoms with E-state index in [4.69, 9.17) is 0 Å². The number of hydrogen-bond donors (Lipinski definition) is 1. The number of aliphatic carboxylic acids is 1. The summed E-state index contributed by atoms with van der Waals surface area (Å²) in [5.41, 5.74) is 2.49. The van der Waals surface area contributed by atoms with Crippen molar-refractivity contribution in [1.82, 2.24) is 19.7 Å². The molecule has 2 saturated heterocycles. The second kappa shape index (κ2) is 9.30. The van der Waals surface area contributed by atoms with Crippen LogP contribution < -0.4 is 9.80 Å². The SMILES string of the molecule is O=C(O)C1CCCN(c2nnc(-n3cccc3CN3CCN(c4ccccc4)CC3)s2)C1. The van der Waals surface area contributed by atoms with Crippen LogP contribution in [0.25, 0.3) is 5.13 Å². The van der Waals surface area contributed by atoms with Crippen LogP contribution in [0.4, 0.5) is 10.8 Å². The summed E-state index contributed by atoms with van der Waals surface area (Å²) in [5, 5.41) is 19.8. The van der Waals surface area contributed by atoms with E-state index >= 15 is 0 Å². The lowest BCUT2D eigenvalue weighted by Crippen LogP contribution is -2.46. The number of hydrogen-bond acceptors (Lipinski definition) is 7. The summed E-state index contributed by atoms with van der Waals surface area (Å²) in [5.74, 6) is -1.05. The van der Waals surface area contributed by atoms with E-state index in [-0.39, 0.29) is 5.92 Å². The predicted octanol–water partition coefficient (Wildman–Crippen LogP) is 2.95. The number of piperidine rings is 1. The summed E-state index contributed by atoms with van der Waals surface area (Å²) < 4.78 is 2.11. The Morgan fingerprint density at radius 3 is 2.53 bits per heavy atom. The van der Waals surface area contributed by atoms with Gasteiger partial charge in [0.15, 0.2) is 0 Å². The van der Waals surface area contributed by atoms with Gasteiger partial charge in [0.2, 0.25) is 10.3 Å². The highest BCUT2D eigenvalue weighted by Gasteiger charge is 2.27. The van der Waals surface area contributed by atoms with Crippen molar-refractivity contribution in [3.63, 3.8) is 0 Å². The number of carboxylic acid groups (broad SMARTS) is 1. The Balaban J connectivity index is 1.23. The third kappa shape index (κ3) is 4.49. The largest absolute Gasteiger partial charge is 0.481 e. The molecule has 1 aromatic carbocycles. The number of piperazine rings is 1. The van der Waals surface area contributed by atoms with Gasteiger partial charge in [-0.1, -0.05) is 29.5 Å². The Kier molecular flexibility index (Phi) is 6.09. The van der Waals surface area contributed by atoms with Crippen LogP contribution in [0.3, 0.4) is 0 Å². The number of rotatable bonds is 6. The van der Waals surface area contributed by atoms with Gasteiger partial charge in [0, 0.05) is 63.4 Å². The maximum absolute atomic E-state index is 11.4. The van der Waals surface area contributed by atoms with E-state index in [2.05, 4.69) is 71.9 Å². The van der Waals surface area contributed by atoms with Gasteiger partial charge in [0.1, 0.15) is 0 Å². The molecule has 9 heteroatoms. The lowest BCUT2D eigenvalue weighted by Gasteiger charge is -2.36. The number of nitrogens with zero attached hydrogens (tertiary/aromatic N) is 6. The van der Waals surface area contributed by atoms with Gasteiger partial charge in [0.05, 0.1) is 5.92 Å². The maximum atomic E-state index is 11.4. The molecule has 0 aliphatic carbocycles. The van der Waals surface area contributed by atoms with Gasteiger partial charge in [-0.05, 0) is 37.1 Å². The molecule has 2 aliphatic heterocycles. The Morgan fingerprint density at radius 1 is 0.969 bits per heavy atom. The maximum Gasteiger partial charge on any atom is 0.308 e. The topological polar surface area (TPSA) is 77.7 Å². The molecule has 1 atom stereocenters. The highest BCUT2D eigenvalue weighted by Crippen LogP contribution is 2.29. The van der Waals surface area contributed by atoms with E-state index in [1.807, 2.05) is 6.20 Å². The fraction of sp³-hybridized carbons (Fsp3) is 0.435. The summed E-state index contributed by atoms with van der Waals surface area (Å²) in [6.07, 6.45) is 3.64. The van der Waals surface area contributed by atoms with Crippen molar-refractivity contribution in [3.05, 3.63) is 54.4 Å². The molecule has 2 aromatic heterocycles. The molecule has 0 amide bonds. The van der Waals surface area contributed by atoms with Crippen LogP contribution in [0.5, 0.6) is 0 Å². The first kappa shape index (κ1) is 21.0. The fourth-order valence-corrected chi connectivity index (χ4v) is 5.45. The molecule has 5 rings (SSSR count). The van der Waals surface area contributed by atoms with E-state index in [1.165, 1.54) is 22.7 Å². The lowest BCUT2D eigenvalue weighted by atomic mass is 9.99. The van der Waals surface area contributed by atoms with Gasteiger partial charge in [-0.25, -0.2) is 0 Å². The fourth-order valence-electron chi connectivity index (χ4n) is 4.55. The Bertz CT molecular complexity index is 1040. The summed E-state index contributed by atoms with van der Waals surface area (Å²) in [4.78, 5) is 18.4. The molecule has 1 N–H and O–H groups in total. The summed E-state index contributed by atoms with van der Waals surface area (Å²) in [6, 6.07) is 14.8. The minimum Gasteiger partial charge on any atom is -0.481 e. The van der Waals surface area contributed by atoms with Crippen LogP contribution in [0.1, 0.15) is 18.5 Å². The van der Waals surface area contributed by atoms with E-state index in [0.29, 0.717) is 6.54 Å². The third-order valence-corrected chi connectivity index (χ3v) is 7.35. The zero-order chi connectivity index (χ0) is 21.9. The average molecular weight is 453 g/mol. The van der Waals surface area contributed by atoms with Crippen molar-refractivity contribution in [2.75, 3.05) is 49.1 Å². The molecule has 1 unspecified atom stereocenters. The van der Waals surface area contributed by atoms with Crippen LogP contribution >= 0.6 is 11.3 Å². The van der Waals surface area contributed by atoms with E-state index < -0.39 is 5.97 Å². The minimum atomic E-state index is -0.723. The molecular weight excluding hydrogens is 424 g/mol. The number of aromatic nitrogens is 3. The first-order valence-electron chi connectivity index (χ1n) is 11.2. The molecule has 32 heavy (non-hydrogen) atoms. The first-order chi connectivity index (χ1) is 15.7. The van der Waals surface area contributed by atoms with Gasteiger partial charge >= 0.3 is 5.97 Å². The third-order valence-electron chi connectivity index (χ3n) is 6.36. The van der Waals surface area contributed by atoms with E-state index in [0.717, 1.165) is 62.4 Å². The monoisotopic (exact) mass is 452 g/mol. The van der Waals surface area contributed by atoms with E-state index in [1.54, 1.807) is 0 Å². The molecule has 4 heterocycles. The number of para-hydroxylation sites is 1. The first-order valence-corrected chi connectivity index (χ1v) is 12.0. The van der Waals surface area contributed by atoms with Crippen LogP contribution in [0, 0.1) is 5.92 Å². The summed E-state index contributed by atoms with van der Waals surface area (Å²) >= 11 is 1.53. The van der Waals surface area contributed by atoms with Gasteiger partial charge < -0.3 is 14.9 Å². The molecule has 0 saturated carbocycles. The zero-order valence-corrected chi connectivity index (χ0v) is 18.8. The standard InChI is InChI=1S/C23H28N6O2S/c30-21(31)18-6-4-10-28(16-18)22-24-25-23(32-22)29-11-5-9-20(29)17-26-12-14-27(15-13-26)19-7-2-1-3-8-19/h1-3,5,7-9,11,18H,4,6,10,12-17H2,(H,30,31). The van der Waals surface area contributed by atoms with Crippen molar-refractivity contribution in [2.24, 2.45) is 5.92 Å². The number of carbonyl (C=O) groups is 1. The van der Waals surface area contributed by atoms with Crippen LogP contribution in [-0.2, 0) is 11.3 Å². The quantitative estimate of drug-likeness (QED) is 0.616. The minimum absolute atomic E-state index is 0.326. The number of carboxylic acids is 1. The molecule has 0 spiro atoms. The highest BCUT2D eigenvalue weighted by molar-refractivity contribution is 7.17. The summed E-state index contributed by atoms with van der Waals surface area (Å²) in [7, 11) is 0. The highest BCUT2D eigenvalue weighted by atomic mass is 32.1. The molecule has 0 radical (unpaired) electrons. The average Bonchev–Trinajstić information content (AvgIpc) is 3.50. The van der Waals surface area contributed by atoms with E-state index in [9.17, 15) is 9.90 Å². The Hall–Kier alpha value is -2.91. The van der Waals surface area contributed by atoms with Crippen molar-refractivity contribution >= 4 is 28.1 Å². The normalized spacial score (nSPS) is 19.9. The van der Waals surface area contributed by atoms with Crippen LogP contribution in [-0.4, -0.2) is 70.0 Å². The Labute approximate surface area is 191 Å². The van der Waals surface area contributed by atoms with Gasteiger partial charge in [-0.2, -0.15) is 0 Å². The predicted molar refractivity (Wildman–Crippen MR) is 126 cm³/mol. The molecular formula is C23H28N6O2S. The zero-order valence-electron chi connectivity index (χ0n) is 18.0. The molecule has 2 fully saturated rings. The molecule has 0 bridgehead atoms. The second-order valence-electron chi connectivity index (χ2n) is 8.46. The summed E-state index contributed by atoms with van der Waals surface area (Å²) in [6.45, 7) is 6.30. The van der Waals surface area contributed by atoms with Crippen LogP contribution in [0.2, 0.25) is 0 Å². The Morgan fingerprint density at radius 2 is 1.75 bits per heavy atom. The lowest BCUT2D eigenvalue weighted by molar-refractivity contribution is -0.141. The van der Waals surface area contributed by atoms with Gasteiger partial charge in [0.25, 0.3) is 0 Å². The smallest absolute Gasteiger partial charge is 0.308 e. The van der Waals surface area contributed by atoms with Crippen molar-refractivity contribution in [3.8, 4) is 5.13 Å². The van der Waals surface area contributed by atoms with Crippen LogP contribution in [0.15, 0.2) is 48.7 Å². The number of anilines is 2. The van der Waals surface area contributed by atoms with Crippen molar-refractivity contribution < 1.29 is 9.90 Å². The number of benzene rings is 1. The molecule has 8 nitrogen and oxygen atoms in total. The molecule has 3 aromatic rings. The van der Waals surface area contributed by atoms with Gasteiger partial charge in [-0.3, -0.25) is 14.3 Å². The van der Waals surface area contributed by atoms with Gasteiger partial charge in [-0.15, -0.1) is 10.2 Å². The second-order valence-corrected chi connectivity index (χ2v) is 9.39.